The first-order valence-corrected chi connectivity index (χ1v) is 17.8. The molecule has 0 saturated carbocycles. The molecule has 0 atom stereocenters. The van der Waals surface area contributed by atoms with Crippen LogP contribution in [0.4, 0.5) is 26.3 Å². The van der Waals surface area contributed by atoms with E-state index >= 15 is 0 Å². The largest absolute Gasteiger partial charge is 1.00 e. The van der Waals surface area contributed by atoms with Gasteiger partial charge in [0.15, 0.2) is 0 Å². The number of aromatic amines is 3. The van der Waals surface area contributed by atoms with Crippen LogP contribution in [0.5, 0.6) is 0 Å². The van der Waals surface area contributed by atoms with Gasteiger partial charge in [0.2, 0.25) is 16.7 Å². The number of esters is 2. The molecule has 0 bridgehead atoms. The molecule has 0 saturated heterocycles. The number of carboxylic acid groups (broad SMARTS) is 1. The number of ether oxygens (including phenoxy) is 2. The quantitative estimate of drug-likeness (QED) is 0.0391. The van der Waals surface area contributed by atoms with E-state index in [2.05, 4.69) is 32.1 Å². The minimum atomic E-state index is -4.11. The monoisotopic (exact) mass is 988 g/mol. The third-order valence-corrected chi connectivity index (χ3v) is 8.35. The standard InChI is InChI=1S/C11H10F2N2O3S.C9H6F2N2O3S.C7H6N2OS.C4H5F2IO2.Li.H2O/c1-3-18-10(17)11(12,13)19-9-7(5-14)6(2)4-8(16)15-9;1-4-2-6(14)13-7(5(4)3-12)17-9(10,11)8(15)16;1-4-2-6(10)9-7(11)5(4)3-8;1-2-9-3(8)4(5,6)7;;/h4H,3H2,1-2H3,(H,15,16);2H,1H3,(H,13,14)(H,15,16);2H,1H3,(H2,9,10,11);2H2,1H3;;1H2/q;;;;+1;/p-1. The van der Waals surface area contributed by atoms with Crippen molar-refractivity contribution >= 4 is 76.7 Å². The number of H-pyrrole nitrogens is 3. The topological polar surface area (TPSA) is 290 Å². The number of thioether (sulfide) groups is 2. The van der Waals surface area contributed by atoms with Crippen LogP contribution in [0.15, 0.2) is 47.7 Å². The van der Waals surface area contributed by atoms with Gasteiger partial charge in [0.1, 0.15) is 18.2 Å². The second-order valence-corrected chi connectivity index (χ2v) is 14.0. The van der Waals surface area contributed by atoms with Gasteiger partial charge >= 0.3 is 51.2 Å². The predicted molar refractivity (Wildman–Crippen MR) is 200 cm³/mol. The first-order chi connectivity index (χ1) is 25.7. The third-order valence-electron chi connectivity index (χ3n) is 5.70. The third kappa shape index (κ3) is 18.9. The molecule has 3 aromatic heterocycles. The molecular weight excluding hydrogens is 960 g/mol. The van der Waals surface area contributed by atoms with Crippen LogP contribution in [0.25, 0.3) is 0 Å². The second kappa shape index (κ2) is 25.9. The van der Waals surface area contributed by atoms with Crippen LogP contribution in [-0.4, -0.2) is 71.1 Å². The van der Waals surface area contributed by atoms with E-state index < -0.39 is 48.5 Å². The van der Waals surface area contributed by atoms with Gasteiger partial charge in [-0.05, 0) is 74.8 Å². The van der Waals surface area contributed by atoms with Gasteiger partial charge in [0.05, 0.1) is 45.0 Å². The summed E-state index contributed by atoms with van der Waals surface area (Å²) >= 11 is 4.07. The molecule has 5 N–H and O–H groups in total. The number of carbonyl (C=O) groups is 3. The van der Waals surface area contributed by atoms with E-state index in [1.54, 1.807) is 19.1 Å². The number of aliphatic carboxylic acids is 1. The second-order valence-electron chi connectivity index (χ2n) is 9.90. The molecule has 58 heavy (non-hydrogen) atoms. The van der Waals surface area contributed by atoms with Gasteiger partial charge in [0, 0.05) is 40.8 Å². The fourth-order valence-corrected chi connectivity index (χ4v) is 5.48. The first-order valence-electron chi connectivity index (χ1n) is 14.6. The summed E-state index contributed by atoms with van der Waals surface area (Å²) in [4.78, 5) is 71.0. The summed E-state index contributed by atoms with van der Waals surface area (Å²) < 4.78 is 81.4. The Hall–Kier alpha value is -4.35. The molecule has 0 aliphatic rings. The summed E-state index contributed by atoms with van der Waals surface area (Å²) in [7, 11) is 0. The van der Waals surface area contributed by atoms with Crippen LogP contribution in [-0.2, 0) is 23.9 Å². The summed E-state index contributed by atoms with van der Waals surface area (Å²) in [5.41, 5.74) is -0.262. The molecule has 310 valence electrons. The summed E-state index contributed by atoms with van der Waals surface area (Å²) in [6, 6.07) is 8.85. The van der Waals surface area contributed by atoms with Crippen molar-refractivity contribution in [3.63, 3.8) is 0 Å². The number of rotatable bonds is 9. The van der Waals surface area contributed by atoms with Crippen LogP contribution in [0, 0.1) is 54.8 Å². The Kier molecular flexibility index (Phi) is 25.9. The van der Waals surface area contributed by atoms with Crippen LogP contribution in [0.1, 0.15) is 47.2 Å². The van der Waals surface area contributed by atoms with Crippen molar-refractivity contribution in [3.05, 3.63) is 82.6 Å². The molecule has 3 rings (SSSR count). The molecule has 27 heteroatoms. The van der Waals surface area contributed by atoms with E-state index in [1.165, 1.54) is 33.8 Å². The fourth-order valence-electron chi connectivity index (χ4n) is 3.33. The molecule has 0 fully saturated rings. The van der Waals surface area contributed by atoms with E-state index in [1.807, 2.05) is 11.1 Å². The van der Waals surface area contributed by atoms with E-state index in [4.69, 9.17) is 20.9 Å². The van der Waals surface area contributed by atoms with Gasteiger partial charge in [-0.15, -0.1) is 12.6 Å². The van der Waals surface area contributed by atoms with Gasteiger partial charge in [-0.1, -0.05) is 0 Å². The maximum atomic E-state index is 13.5. The van der Waals surface area contributed by atoms with Crippen molar-refractivity contribution in [2.75, 3.05) is 13.2 Å². The van der Waals surface area contributed by atoms with Gasteiger partial charge in [-0.2, -0.15) is 42.1 Å². The van der Waals surface area contributed by atoms with Crippen molar-refractivity contribution in [1.29, 1.82) is 15.8 Å². The number of hydrogen-bond acceptors (Lipinski definition) is 15. The Morgan fingerprint density at radius 3 is 1.34 bits per heavy atom. The first kappa shape index (κ1) is 58.0. The fraction of sp³-hybridized carbons (Fsp3) is 0.323. The molecule has 0 spiro atoms. The molecule has 16 nitrogen and oxygen atoms in total. The van der Waals surface area contributed by atoms with Crippen molar-refractivity contribution in [2.24, 2.45) is 0 Å². The average Bonchev–Trinajstić information content (AvgIpc) is 3.04. The molecule has 0 aliphatic carbocycles. The zero-order valence-electron chi connectivity index (χ0n) is 30.6. The summed E-state index contributed by atoms with van der Waals surface area (Å²) in [5.74, 6) is -5.54. The van der Waals surface area contributed by atoms with Gasteiger partial charge in [0.25, 0.3) is 0 Å². The molecular formula is C31H28F6ILiN6O10S3. The number of aryl methyl sites for hydroxylation is 3. The summed E-state index contributed by atoms with van der Waals surface area (Å²) in [5, 5.41) is 26.0. The number of halogens is 7. The summed E-state index contributed by atoms with van der Waals surface area (Å²) in [6.45, 7) is 7.21. The minimum absolute atomic E-state index is 0. The van der Waals surface area contributed by atoms with E-state index in [0.717, 1.165) is 34.7 Å². The van der Waals surface area contributed by atoms with Crippen molar-refractivity contribution in [3.8, 4) is 18.2 Å². The van der Waals surface area contributed by atoms with Crippen molar-refractivity contribution in [1.82, 2.24) is 15.0 Å². The summed E-state index contributed by atoms with van der Waals surface area (Å²) in [6.07, 6.45) is 0. The molecule has 0 aromatic carbocycles. The van der Waals surface area contributed by atoms with Crippen LogP contribution in [0.3, 0.4) is 0 Å². The maximum absolute atomic E-state index is 13.5. The van der Waals surface area contributed by atoms with E-state index in [0.29, 0.717) is 16.2 Å². The number of thiol groups is 1. The number of hydrogen-bond donors (Lipinski definition) is 5. The number of nitrogens with zero attached hydrogens (tertiary/aromatic N) is 3. The zero-order chi connectivity index (χ0) is 43.8. The maximum Gasteiger partial charge on any atom is 1.00 e. The molecule has 0 aliphatic heterocycles. The normalized spacial score (nSPS) is 10.2. The van der Waals surface area contributed by atoms with Crippen LogP contribution < -0.4 is 35.5 Å². The predicted octanol–water partition coefficient (Wildman–Crippen LogP) is 2.38. The number of aromatic nitrogens is 3. The molecule has 0 unspecified atom stereocenters. The Morgan fingerprint density at radius 1 is 0.724 bits per heavy atom. The molecule has 3 aromatic rings. The SMILES string of the molecule is CCOC(=O)C(F)(F)I.CCOC(=O)C(F)(F)Sc1[nH]c(=O)cc(C)c1C#N.Cc1cc(=O)[nH]c(S)c1C#N.Cc1cc(=O)[nH]c(SC(F)(F)C(=O)O)c1C#N.[Li+].[OH-]. The smallest absolute Gasteiger partial charge is 0.870 e. The number of alkyl halides is 7. The zero-order valence-corrected chi connectivity index (χ0v) is 35.2. The number of carbonyl (C=O) groups excluding carboxylic acids is 2. The number of nitriles is 3. The number of pyridine rings is 3. The van der Waals surface area contributed by atoms with Crippen molar-refractivity contribution in [2.45, 2.75) is 64.1 Å². The molecule has 3 heterocycles. The Morgan fingerprint density at radius 2 is 1.05 bits per heavy atom. The van der Waals surface area contributed by atoms with Crippen LogP contribution >= 0.6 is 58.7 Å². The van der Waals surface area contributed by atoms with Crippen molar-refractivity contribution < 1.29 is 79.6 Å². The number of nitrogens with one attached hydrogen (secondary N) is 3. The Balaban J connectivity index is -0.000000715. The van der Waals surface area contributed by atoms with Gasteiger partial charge in [-0.3, -0.25) is 14.4 Å². The van der Waals surface area contributed by atoms with E-state index in [9.17, 15) is 55.1 Å². The van der Waals surface area contributed by atoms with Gasteiger partial charge in [-0.25, -0.2) is 14.4 Å². The van der Waals surface area contributed by atoms with Gasteiger partial charge < -0.3 is 35.0 Å². The molecule has 0 amide bonds. The molecule has 0 radical (unpaired) electrons. The average molecular weight is 989 g/mol. The minimum Gasteiger partial charge on any atom is -0.870 e. The Bertz CT molecular complexity index is 2210. The Labute approximate surface area is 363 Å². The number of carboxylic acids is 1. The van der Waals surface area contributed by atoms with Crippen LogP contribution in [0.2, 0.25) is 0 Å². The van der Waals surface area contributed by atoms with E-state index in [-0.39, 0.29) is 93.9 Å².